The maximum absolute atomic E-state index is 3.93. The third-order valence-electron chi connectivity index (χ3n) is 5.24. The van der Waals surface area contributed by atoms with Gasteiger partial charge >= 0.3 is 0 Å². The molecular formula is C25H46. The van der Waals surface area contributed by atoms with Crippen LogP contribution in [0.4, 0.5) is 0 Å². The maximum Gasteiger partial charge on any atom is -0.0134 e. The van der Waals surface area contributed by atoms with E-state index >= 15 is 0 Å². The fraction of sp³-hybridized carbons (Fsp3) is 0.760. The molecule has 0 amide bonds. The van der Waals surface area contributed by atoms with E-state index in [2.05, 4.69) is 73.3 Å². The lowest BCUT2D eigenvalue weighted by atomic mass is 9.89. The van der Waals surface area contributed by atoms with Crippen molar-refractivity contribution in [2.24, 2.45) is 23.7 Å². The molecule has 0 bridgehead atoms. The van der Waals surface area contributed by atoms with Gasteiger partial charge in [0.05, 0.1) is 0 Å². The standard InChI is InChI=1S/C25H46/c1-9-22(6)16-18-25(24(8)15-11-13-21(4)5)19-17-23(7)14-10-12-20(2)3/h9,17-18,20-22,24H,1,10-16,19H2,2-8H3/b23-17-,25-18+. The molecule has 0 aromatic heterocycles. The number of allylic oxidation sites excluding steroid dienone is 5. The second-order valence-electron chi connectivity index (χ2n) is 8.99. The molecule has 0 heterocycles. The van der Waals surface area contributed by atoms with Gasteiger partial charge in [-0.05, 0) is 62.7 Å². The van der Waals surface area contributed by atoms with E-state index in [-0.39, 0.29) is 0 Å². The minimum Gasteiger partial charge on any atom is -0.103 e. The Morgan fingerprint density at radius 3 is 2.00 bits per heavy atom. The van der Waals surface area contributed by atoms with Crippen LogP contribution in [-0.2, 0) is 0 Å². The van der Waals surface area contributed by atoms with Crippen LogP contribution in [0.2, 0.25) is 0 Å². The Kier molecular flexibility index (Phi) is 13.9. The Hall–Kier alpha value is -0.780. The molecule has 0 aliphatic carbocycles. The summed E-state index contributed by atoms with van der Waals surface area (Å²) < 4.78 is 0. The van der Waals surface area contributed by atoms with Gasteiger partial charge in [0.15, 0.2) is 0 Å². The Balaban J connectivity index is 4.68. The van der Waals surface area contributed by atoms with Crippen molar-refractivity contribution in [1.82, 2.24) is 0 Å². The predicted molar refractivity (Wildman–Crippen MR) is 117 cm³/mol. The maximum atomic E-state index is 3.93. The highest BCUT2D eigenvalue weighted by molar-refractivity contribution is 5.14. The fourth-order valence-corrected chi connectivity index (χ4v) is 3.12. The van der Waals surface area contributed by atoms with Gasteiger partial charge in [0.1, 0.15) is 0 Å². The molecule has 0 radical (unpaired) electrons. The van der Waals surface area contributed by atoms with E-state index in [1.807, 2.05) is 0 Å². The molecule has 0 spiro atoms. The summed E-state index contributed by atoms with van der Waals surface area (Å²) in [7, 11) is 0. The molecule has 0 fully saturated rings. The molecule has 25 heavy (non-hydrogen) atoms. The molecule has 0 saturated heterocycles. The summed E-state index contributed by atoms with van der Waals surface area (Å²) >= 11 is 0. The second kappa shape index (κ2) is 14.4. The van der Waals surface area contributed by atoms with Crippen molar-refractivity contribution in [3.8, 4) is 0 Å². The molecule has 0 aliphatic rings. The number of hydrogen-bond donors (Lipinski definition) is 0. The Bertz CT molecular complexity index is 394. The lowest BCUT2D eigenvalue weighted by Gasteiger charge is -2.17. The Labute approximate surface area is 159 Å². The first-order chi connectivity index (χ1) is 11.8. The van der Waals surface area contributed by atoms with Crippen molar-refractivity contribution in [3.05, 3.63) is 36.0 Å². The lowest BCUT2D eigenvalue weighted by Crippen LogP contribution is -2.02. The molecule has 0 aliphatic heterocycles. The van der Waals surface area contributed by atoms with Gasteiger partial charge in [0, 0.05) is 0 Å². The summed E-state index contributed by atoms with van der Waals surface area (Å²) in [5.74, 6) is 2.93. The molecule has 0 N–H and O–H groups in total. The summed E-state index contributed by atoms with van der Waals surface area (Å²) in [6.45, 7) is 20.2. The van der Waals surface area contributed by atoms with Crippen LogP contribution in [0, 0.1) is 23.7 Å². The van der Waals surface area contributed by atoms with Crippen LogP contribution in [0.15, 0.2) is 36.0 Å². The van der Waals surface area contributed by atoms with E-state index in [0.717, 1.165) is 24.7 Å². The van der Waals surface area contributed by atoms with E-state index in [9.17, 15) is 0 Å². The number of hydrogen-bond acceptors (Lipinski definition) is 0. The first kappa shape index (κ1) is 24.2. The summed E-state index contributed by atoms with van der Waals surface area (Å²) in [4.78, 5) is 0. The lowest BCUT2D eigenvalue weighted by molar-refractivity contribution is 0.487. The van der Waals surface area contributed by atoms with E-state index in [1.165, 1.54) is 38.5 Å². The van der Waals surface area contributed by atoms with Gasteiger partial charge in [-0.2, -0.15) is 0 Å². The van der Waals surface area contributed by atoms with Crippen LogP contribution < -0.4 is 0 Å². The van der Waals surface area contributed by atoms with Gasteiger partial charge < -0.3 is 0 Å². The second-order valence-corrected chi connectivity index (χ2v) is 8.99. The summed E-state index contributed by atoms with van der Waals surface area (Å²) in [6, 6.07) is 0. The van der Waals surface area contributed by atoms with Crippen LogP contribution in [0.1, 0.15) is 99.8 Å². The van der Waals surface area contributed by atoms with Gasteiger partial charge in [-0.3, -0.25) is 0 Å². The van der Waals surface area contributed by atoms with E-state index < -0.39 is 0 Å². The van der Waals surface area contributed by atoms with Crippen molar-refractivity contribution in [2.45, 2.75) is 99.8 Å². The zero-order valence-electron chi connectivity index (χ0n) is 18.4. The molecule has 0 saturated carbocycles. The molecule has 0 aromatic carbocycles. The van der Waals surface area contributed by atoms with E-state index in [1.54, 1.807) is 11.1 Å². The van der Waals surface area contributed by atoms with Crippen LogP contribution in [0.5, 0.6) is 0 Å². The normalized spacial score (nSPS) is 15.7. The average molecular weight is 347 g/mol. The van der Waals surface area contributed by atoms with Crippen LogP contribution in [0.25, 0.3) is 0 Å². The molecule has 0 rings (SSSR count). The van der Waals surface area contributed by atoms with Gasteiger partial charge in [-0.1, -0.05) is 90.2 Å². The van der Waals surface area contributed by atoms with Crippen LogP contribution >= 0.6 is 0 Å². The topological polar surface area (TPSA) is 0 Å². The first-order valence-electron chi connectivity index (χ1n) is 10.7. The van der Waals surface area contributed by atoms with Gasteiger partial charge in [0.25, 0.3) is 0 Å². The highest BCUT2D eigenvalue weighted by Crippen LogP contribution is 2.25. The SMILES string of the molecule is C=CC(C)C/C=C(\C/C=C(/C)CCCC(C)C)C(C)CCCC(C)C. The van der Waals surface area contributed by atoms with Gasteiger partial charge in [-0.25, -0.2) is 0 Å². The van der Waals surface area contributed by atoms with Crippen molar-refractivity contribution in [1.29, 1.82) is 0 Å². The smallest absolute Gasteiger partial charge is 0.0134 e. The largest absolute Gasteiger partial charge is 0.103 e. The molecule has 146 valence electrons. The minimum absolute atomic E-state index is 0.578. The average Bonchev–Trinajstić information content (AvgIpc) is 2.53. The third-order valence-corrected chi connectivity index (χ3v) is 5.24. The number of rotatable bonds is 14. The molecule has 0 aromatic rings. The van der Waals surface area contributed by atoms with Crippen LogP contribution in [0.3, 0.4) is 0 Å². The predicted octanol–water partition coefficient (Wildman–Crippen LogP) is 8.75. The van der Waals surface area contributed by atoms with Crippen molar-refractivity contribution in [3.63, 3.8) is 0 Å². The highest BCUT2D eigenvalue weighted by Gasteiger charge is 2.09. The van der Waals surface area contributed by atoms with Crippen LogP contribution in [-0.4, -0.2) is 0 Å². The minimum atomic E-state index is 0.578. The molecule has 2 atom stereocenters. The monoisotopic (exact) mass is 346 g/mol. The Morgan fingerprint density at radius 1 is 0.840 bits per heavy atom. The molecule has 2 unspecified atom stereocenters. The first-order valence-corrected chi connectivity index (χ1v) is 10.7. The molecule has 0 heteroatoms. The quantitative estimate of drug-likeness (QED) is 0.276. The van der Waals surface area contributed by atoms with E-state index in [0.29, 0.717) is 11.8 Å². The third kappa shape index (κ3) is 14.1. The molecular weight excluding hydrogens is 300 g/mol. The van der Waals surface area contributed by atoms with Crippen molar-refractivity contribution in [2.75, 3.05) is 0 Å². The van der Waals surface area contributed by atoms with Gasteiger partial charge in [0.2, 0.25) is 0 Å². The summed E-state index contributed by atoms with van der Waals surface area (Å²) in [6.07, 6.45) is 17.3. The molecule has 0 nitrogen and oxygen atoms in total. The van der Waals surface area contributed by atoms with Gasteiger partial charge in [-0.15, -0.1) is 6.58 Å². The highest BCUT2D eigenvalue weighted by atomic mass is 14.1. The van der Waals surface area contributed by atoms with E-state index in [4.69, 9.17) is 0 Å². The fourth-order valence-electron chi connectivity index (χ4n) is 3.12. The summed E-state index contributed by atoms with van der Waals surface area (Å²) in [5.41, 5.74) is 3.21. The Morgan fingerprint density at radius 2 is 1.44 bits per heavy atom. The zero-order chi connectivity index (χ0) is 19.2. The van der Waals surface area contributed by atoms with Crippen molar-refractivity contribution < 1.29 is 0 Å². The summed E-state index contributed by atoms with van der Waals surface area (Å²) in [5, 5.41) is 0. The zero-order valence-corrected chi connectivity index (χ0v) is 18.4. The van der Waals surface area contributed by atoms with Crippen molar-refractivity contribution >= 4 is 0 Å².